The number of carbonyl (C=O) groups excluding carboxylic acids is 1. The fourth-order valence-electron chi connectivity index (χ4n) is 2.62. The summed E-state index contributed by atoms with van der Waals surface area (Å²) in [6.07, 6.45) is 2.42. The molecule has 0 spiro atoms. The van der Waals surface area contributed by atoms with E-state index in [1.807, 2.05) is 0 Å². The Morgan fingerprint density at radius 2 is 2.08 bits per heavy atom. The minimum Gasteiger partial charge on any atom is -0.508 e. The summed E-state index contributed by atoms with van der Waals surface area (Å²) in [4.78, 5) is 11.2. The largest absolute Gasteiger partial charge is 0.508 e. The lowest BCUT2D eigenvalue weighted by Crippen LogP contribution is -2.22. The number of carbonyl (C=O) groups is 1. The van der Waals surface area contributed by atoms with Gasteiger partial charge in [-0.2, -0.15) is 0 Å². The fraction of sp³-hybridized carbons (Fsp3) is 0.350. The van der Waals surface area contributed by atoms with Crippen LogP contribution in [0.3, 0.4) is 0 Å². The van der Waals surface area contributed by atoms with Gasteiger partial charge in [-0.05, 0) is 42.2 Å². The Bertz CT molecular complexity index is 731. The van der Waals surface area contributed by atoms with E-state index in [-0.39, 0.29) is 17.5 Å². The van der Waals surface area contributed by atoms with Crippen LogP contribution in [0.2, 0.25) is 0 Å². The average Bonchev–Trinajstić information content (AvgIpc) is 2.56. The van der Waals surface area contributed by atoms with Gasteiger partial charge in [-0.15, -0.1) is 0 Å². The first-order valence-electron chi connectivity index (χ1n) is 8.50. The van der Waals surface area contributed by atoms with Crippen molar-refractivity contribution in [1.29, 1.82) is 0 Å². The predicted molar refractivity (Wildman–Crippen MR) is 96.3 cm³/mol. The van der Waals surface area contributed by atoms with Crippen LogP contribution in [-0.4, -0.2) is 24.2 Å². The number of hydrogen-bond acceptors (Lipinski definition) is 3. The standard InChI is InChI=1S/C20H24FNO3/c1-3-4-10-25-20-13-17(24)12-19(15-6-5-7-16(21)11-15)18(20)8-9-22-14(2)23/h5-7,11-13,24H,3-4,8-10H2,1-2H3,(H,22,23). The smallest absolute Gasteiger partial charge is 0.216 e. The van der Waals surface area contributed by atoms with Gasteiger partial charge in [-0.25, -0.2) is 4.39 Å². The van der Waals surface area contributed by atoms with Crippen molar-refractivity contribution in [3.8, 4) is 22.6 Å². The summed E-state index contributed by atoms with van der Waals surface area (Å²) in [5.41, 5.74) is 2.21. The highest BCUT2D eigenvalue weighted by atomic mass is 19.1. The molecule has 0 unspecified atom stereocenters. The van der Waals surface area contributed by atoms with Gasteiger partial charge in [0.15, 0.2) is 0 Å². The van der Waals surface area contributed by atoms with Gasteiger partial charge in [0.25, 0.3) is 0 Å². The number of rotatable bonds is 8. The second kappa shape index (κ2) is 9.06. The molecule has 0 aliphatic rings. The molecule has 0 bridgehead atoms. The highest BCUT2D eigenvalue weighted by molar-refractivity contribution is 5.74. The Kier molecular flexibility index (Phi) is 6.81. The van der Waals surface area contributed by atoms with E-state index in [0.717, 1.165) is 18.4 Å². The molecule has 0 atom stereocenters. The van der Waals surface area contributed by atoms with E-state index < -0.39 is 0 Å². The maximum atomic E-state index is 13.6. The van der Waals surface area contributed by atoms with Crippen LogP contribution in [0.25, 0.3) is 11.1 Å². The summed E-state index contributed by atoms with van der Waals surface area (Å²) < 4.78 is 19.5. The molecular weight excluding hydrogens is 321 g/mol. The zero-order valence-electron chi connectivity index (χ0n) is 14.6. The van der Waals surface area contributed by atoms with Crippen molar-refractivity contribution in [1.82, 2.24) is 5.32 Å². The van der Waals surface area contributed by atoms with Gasteiger partial charge in [0, 0.05) is 25.1 Å². The van der Waals surface area contributed by atoms with E-state index in [9.17, 15) is 14.3 Å². The van der Waals surface area contributed by atoms with Gasteiger partial charge in [0.2, 0.25) is 5.91 Å². The van der Waals surface area contributed by atoms with Crippen molar-refractivity contribution in [2.24, 2.45) is 0 Å². The summed E-state index contributed by atoms with van der Waals surface area (Å²) in [7, 11) is 0. The van der Waals surface area contributed by atoms with E-state index in [1.54, 1.807) is 24.3 Å². The Labute approximate surface area is 147 Å². The lowest BCUT2D eigenvalue weighted by molar-refractivity contribution is -0.118. The topological polar surface area (TPSA) is 58.6 Å². The molecule has 0 aliphatic heterocycles. The number of phenols is 1. The van der Waals surface area contributed by atoms with Gasteiger partial charge in [-0.3, -0.25) is 4.79 Å². The minimum absolute atomic E-state index is 0.0639. The predicted octanol–water partition coefficient (Wildman–Crippen LogP) is 4.06. The monoisotopic (exact) mass is 345 g/mol. The Morgan fingerprint density at radius 1 is 1.28 bits per heavy atom. The Hall–Kier alpha value is -2.56. The molecule has 0 radical (unpaired) electrons. The Morgan fingerprint density at radius 3 is 2.76 bits per heavy atom. The van der Waals surface area contributed by atoms with Crippen LogP contribution in [0.5, 0.6) is 11.5 Å². The van der Waals surface area contributed by atoms with Crippen LogP contribution in [0.1, 0.15) is 32.3 Å². The van der Waals surface area contributed by atoms with E-state index in [4.69, 9.17) is 4.74 Å². The molecule has 134 valence electrons. The normalized spacial score (nSPS) is 10.5. The van der Waals surface area contributed by atoms with Gasteiger partial charge >= 0.3 is 0 Å². The maximum absolute atomic E-state index is 13.6. The number of phenolic OH excluding ortho intramolecular Hbond substituents is 1. The second-order valence-electron chi connectivity index (χ2n) is 5.92. The first kappa shape index (κ1) is 18.8. The van der Waals surface area contributed by atoms with E-state index in [2.05, 4.69) is 12.2 Å². The molecule has 0 saturated carbocycles. The summed E-state index contributed by atoms with van der Waals surface area (Å²) >= 11 is 0. The molecule has 0 aromatic heterocycles. The van der Waals surface area contributed by atoms with Crippen molar-refractivity contribution < 1.29 is 19.0 Å². The number of ether oxygens (including phenoxy) is 1. The molecule has 0 saturated heterocycles. The number of amides is 1. The highest BCUT2D eigenvalue weighted by Crippen LogP contribution is 2.35. The lowest BCUT2D eigenvalue weighted by atomic mass is 9.96. The van der Waals surface area contributed by atoms with Crippen LogP contribution < -0.4 is 10.1 Å². The third-order valence-electron chi connectivity index (χ3n) is 3.83. The summed E-state index contributed by atoms with van der Waals surface area (Å²) in [5, 5.41) is 12.8. The third-order valence-corrected chi connectivity index (χ3v) is 3.83. The maximum Gasteiger partial charge on any atom is 0.216 e. The molecule has 2 N–H and O–H groups in total. The first-order chi connectivity index (χ1) is 12.0. The number of nitrogens with one attached hydrogen (secondary N) is 1. The van der Waals surface area contributed by atoms with Crippen LogP contribution >= 0.6 is 0 Å². The molecule has 0 aliphatic carbocycles. The highest BCUT2D eigenvalue weighted by Gasteiger charge is 2.14. The van der Waals surface area contributed by atoms with Crippen molar-refractivity contribution in [2.45, 2.75) is 33.1 Å². The van der Waals surface area contributed by atoms with Gasteiger partial charge in [0.05, 0.1) is 6.61 Å². The molecule has 1 amide bonds. The van der Waals surface area contributed by atoms with E-state index in [1.165, 1.54) is 19.1 Å². The van der Waals surface area contributed by atoms with Gasteiger partial charge in [-0.1, -0.05) is 25.5 Å². The van der Waals surface area contributed by atoms with Crippen LogP contribution in [0.4, 0.5) is 4.39 Å². The molecular formula is C20H24FNO3. The van der Waals surface area contributed by atoms with Gasteiger partial charge < -0.3 is 15.2 Å². The molecule has 25 heavy (non-hydrogen) atoms. The van der Waals surface area contributed by atoms with Crippen molar-refractivity contribution in [3.05, 3.63) is 47.8 Å². The number of unbranched alkanes of at least 4 members (excludes halogenated alkanes) is 1. The van der Waals surface area contributed by atoms with Crippen LogP contribution in [0, 0.1) is 5.82 Å². The molecule has 0 fully saturated rings. The summed E-state index contributed by atoms with van der Waals surface area (Å²) in [6.45, 7) is 4.51. The van der Waals surface area contributed by atoms with Crippen molar-refractivity contribution in [3.63, 3.8) is 0 Å². The third kappa shape index (κ3) is 5.48. The minimum atomic E-state index is -0.345. The SMILES string of the molecule is CCCCOc1cc(O)cc(-c2cccc(F)c2)c1CCNC(C)=O. The van der Waals surface area contributed by atoms with E-state index in [0.29, 0.717) is 36.4 Å². The number of benzene rings is 2. The first-order valence-corrected chi connectivity index (χ1v) is 8.50. The molecule has 2 aromatic carbocycles. The quantitative estimate of drug-likeness (QED) is 0.710. The van der Waals surface area contributed by atoms with Gasteiger partial charge in [0.1, 0.15) is 17.3 Å². The molecule has 2 rings (SSSR count). The number of hydrogen-bond donors (Lipinski definition) is 2. The lowest BCUT2D eigenvalue weighted by Gasteiger charge is -2.17. The average molecular weight is 345 g/mol. The number of halogens is 1. The molecule has 4 nitrogen and oxygen atoms in total. The molecule has 2 aromatic rings. The molecule has 5 heteroatoms. The van der Waals surface area contributed by atoms with E-state index >= 15 is 0 Å². The Balaban J connectivity index is 2.41. The zero-order valence-corrected chi connectivity index (χ0v) is 14.6. The second-order valence-corrected chi connectivity index (χ2v) is 5.92. The fourth-order valence-corrected chi connectivity index (χ4v) is 2.62. The van der Waals surface area contributed by atoms with Crippen LogP contribution in [-0.2, 0) is 11.2 Å². The van der Waals surface area contributed by atoms with Crippen molar-refractivity contribution in [2.75, 3.05) is 13.2 Å². The van der Waals surface area contributed by atoms with Crippen LogP contribution in [0.15, 0.2) is 36.4 Å². The zero-order chi connectivity index (χ0) is 18.2. The summed E-state index contributed by atoms with van der Waals surface area (Å²) in [5.74, 6) is 0.175. The molecule has 0 heterocycles. The summed E-state index contributed by atoms with van der Waals surface area (Å²) in [6, 6.07) is 9.39. The van der Waals surface area contributed by atoms with Crippen molar-refractivity contribution >= 4 is 5.91 Å². The number of aromatic hydroxyl groups is 1.